The third-order valence-corrected chi connectivity index (χ3v) is 17.0. The number of aliphatic hydroxyl groups is 2. The molecule has 7 heteroatoms. The third-order valence-electron chi connectivity index (χ3n) is 17.0. The Morgan fingerprint density at radius 3 is 2.38 bits per heavy atom. The molecule has 0 aromatic carbocycles. The first-order chi connectivity index (χ1) is 21.1. The molecule has 256 valence electrons. The van der Waals surface area contributed by atoms with Crippen LogP contribution in [-0.2, 0) is 18.9 Å². The van der Waals surface area contributed by atoms with Crippen molar-refractivity contribution in [1.29, 1.82) is 0 Å². The van der Waals surface area contributed by atoms with Gasteiger partial charge in [0.15, 0.2) is 6.29 Å². The maximum atomic E-state index is 12.5. The van der Waals surface area contributed by atoms with Crippen molar-refractivity contribution in [3.05, 3.63) is 0 Å². The van der Waals surface area contributed by atoms with Gasteiger partial charge in [0.25, 0.3) is 0 Å². The molecule has 0 amide bonds. The van der Waals surface area contributed by atoms with Crippen molar-refractivity contribution in [3.8, 4) is 0 Å². The number of hydrogen-bond acceptors (Lipinski definition) is 7. The Morgan fingerprint density at radius 1 is 0.978 bits per heavy atom. The van der Waals surface area contributed by atoms with Crippen LogP contribution in [0.15, 0.2) is 0 Å². The van der Waals surface area contributed by atoms with E-state index in [2.05, 4.69) is 46.4 Å². The first-order valence-electron chi connectivity index (χ1n) is 18.7. The molecule has 6 unspecified atom stereocenters. The fourth-order valence-electron chi connectivity index (χ4n) is 14.0. The van der Waals surface area contributed by atoms with Crippen LogP contribution in [0.4, 0.5) is 0 Å². The van der Waals surface area contributed by atoms with Crippen molar-refractivity contribution in [1.82, 2.24) is 4.90 Å². The third kappa shape index (κ3) is 4.13. The molecule has 0 aromatic rings. The molecule has 8 rings (SSSR count). The number of ether oxygens (including phenoxy) is 4. The van der Waals surface area contributed by atoms with E-state index in [4.69, 9.17) is 18.9 Å². The van der Waals surface area contributed by atoms with Crippen molar-refractivity contribution >= 4 is 0 Å². The second-order valence-electron chi connectivity index (χ2n) is 19.1. The number of morpholine rings is 1. The summed E-state index contributed by atoms with van der Waals surface area (Å²) < 4.78 is 25.5. The predicted molar refractivity (Wildman–Crippen MR) is 172 cm³/mol. The van der Waals surface area contributed by atoms with Gasteiger partial charge in [0.2, 0.25) is 0 Å². The standard InChI is InChI=1S/C38H63NO6/c1-22-17-25(23(2)34(5,6)41)44-31-30(22)35(7)13-14-38-21-37(38)12-11-28(45-29-18-39(15-16-43-29)24-19-42-20-24)33(3,4)26(37)9-10-27(38)36(35,8)32(31)40/h22-32,40-41H,9-21H2,1-8H3/t22-,23+,25?,26+,27?,28+,29?,30+,31+,32+,35?,36-,37?,38?/m1/s1. The summed E-state index contributed by atoms with van der Waals surface area (Å²) in [4.78, 5) is 2.51. The quantitative estimate of drug-likeness (QED) is 0.407. The zero-order valence-electron chi connectivity index (χ0n) is 29.5. The Labute approximate surface area is 272 Å². The largest absolute Gasteiger partial charge is 0.390 e. The lowest BCUT2D eigenvalue weighted by Gasteiger charge is -2.64. The van der Waals surface area contributed by atoms with Crippen LogP contribution in [0.2, 0.25) is 0 Å². The van der Waals surface area contributed by atoms with Crippen LogP contribution in [0.1, 0.15) is 107 Å². The molecule has 0 radical (unpaired) electrons. The summed E-state index contributed by atoms with van der Waals surface area (Å²) in [6.45, 7) is 22.6. The van der Waals surface area contributed by atoms with Crippen LogP contribution < -0.4 is 0 Å². The first kappa shape index (κ1) is 32.0. The molecule has 3 saturated heterocycles. The smallest absolute Gasteiger partial charge is 0.170 e. The van der Waals surface area contributed by atoms with Crippen LogP contribution in [-0.4, -0.2) is 90.4 Å². The zero-order chi connectivity index (χ0) is 31.9. The van der Waals surface area contributed by atoms with Gasteiger partial charge in [0.1, 0.15) is 0 Å². The van der Waals surface area contributed by atoms with E-state index in [-0.39, 0.29) is 46.8 Å². The highest BCUT2D eigenvalue weighted by Gasteiger charge is 2.84. The van der Waals surface area contributed by atoms with E-state index in [0.717, 1.165) is 45.8 Å². The van der Waals surface area contributed by atoms with Crippen LogP contribution in [0.3, 0.4) is 0 Å². The Kier molecular flexibility index (Phi) is 7.20. The van der Waals surface area contributed by atoms with Gasteiger partial charge in [0, 0.05) is 17.9 Å². The van der Waals surface area contributed by atoms with Crippen LogP contribution in [0.5, 0.6) is 0 Å². The monoisotopic (exact) mass is 629 g/mol. The lowest BCUT2D eigenvalue weighted by Crippen LogP contribution is -2.60. The zero-order valence-corrected chi connectivity index (χ0v) is 29.5. The molecule has 7 nitrogen and oxygen atoms in total. The topological polar surface area (TPSA) is 80.6 Å². The molecule has 3 heterocycles. The van der Waals surface area contributed by atoms with Crippen LogP contribution in [0.25, 0.3) is 0 Å². The fourth-order valence-corrected chi connectivity index (χ4v) is 14.0. The van der Waals surface area contributed by atoms with Crippen molar-refractivity contribution in [2.24, 2.45) is 56.7 Å². The number of aliphatic hydroxyl groups excluding tert-OH is 1. The van der Waals surface area contributed by atoms with Gasteiger partial charge in [-0.3, -0.25) is 4.90 Å². The highest BCUT2D eigenvalue weighted by atomic mass is 16.7. The molecule has 8 aliphatic rings. The molecule has 8 fully saturated rings. The average molecular weight is 630 g/mol. The highest BCUT2D eigenvalue weighted by molar-refractivity contribution is 5.33. The Bertz CT molecular complexity index is 1170. The lowest BCUT2D eigenvalue weighted by molar-refractivity contribution is -0.256. The minimum atomic E-state index is -0.798. The average Bonchev–Trinajstić information content (AvgIpc) is 3.57. The number of hydrogen-bond donors (Lipinski definition) is 2. The van der Waals surface area contributed by atoms with Gasteiger partial charge in [-0.1, -0.05) is 41.5 Å². The number of rotatable bonds is 5. The predicted octanol–water partition coefficient (Wildman–Crippen LogP) is 5.65. The maximum absolute atomic E-state index is 12.5. The Balaban J connectivity index is 1.03. The SMILES string of the molecule is C[C@@H]1CC([C@H](C)C(C)(C)O)O[C@H]2[C@H]1C1(C)CCC34CC35CC[C@H](OC3CN(C6COC6)CCO3)C(C)(C)[C@@H]5CCC4[C@]1(C)[C@H]2O. The maximum Gasteiger partial charge on any atom is 0.170 e. The second kappa shape index (κ2) is 10.1. The molecule has 45 heavy (non-hydrogen) atoms. The minimum Gasteiger partial charge on any atom is -0.390 e. The molecular formula is C38H63NO6. The molecule has 3 aliphatic heterocycles. The van der Waals surface area contributed by atoms with Gasteiger partial charge >= 0.3 is 0 Å². The van der Waals surface area contributed by atoms with Gasteiger partial charge < -0.3 is 29.2 Å². The van der Waals surface area contributed by atoms with Crippen molar-refractivity contribution in [2.75, 3.05) is 32.9 Å². The fraction of sp³-hybridized carbons (Fsp3) is 1.00. The molecule has 2 spiro atoms. The van der Waals surface area contributed by atoms with Gasteiger partial charge in [0.05, 0.1) is 62.4 Å². The van der Waals surface area contributed by atoms with Gasteiger partial charge in [-0.25, -0.2) is 0 Å². The summed E-state index contributed by atoms with van der Waals surface area (Å²) in [5, 5.41) is 23.4. The molecule has 0 aromatic heterocycles. The highest BCUT2D eigenvalue weighted by Crippen LogP contribution is 2.89. The summed E-state index contributed by atoms with van der Waals surface area (Å²) >= 11 is 0. The normalized spacial score (nSPS) is 54.9. The van der Waals surface area contributed by atoms with Gasteiger partial charge in [-0.15, -0.1) is 0 Å². The molecule has 5 saturated carbocycles. The van der Waals surface area contributed by atoms with Gasteiger partial charge in [-0.2, -0.15) is 0 Å². The molecule has 2 N–H and O–H groups in total. The van der Waals surface area contributed by atoms with Crippen molar-refractivity contribution in [2.45, 2.75) is 149 Å². The summed E-state index contributed by atoms with van der Waals surface area (Å²) in [5.41, 5.74) is -0.0696. The van der Waals surface area contributed by atoms with Crippen LogP contribution in [0, 0.1) is 56.7 Å². The van der Waals surface area contributed by atoms with E-state index >= 15 is 0 Å². The van der Waals surface area contributed by atoms with Crippen LogP contribution >= 0.6 is 0 Å². The van der Waals surface area contributed by atoms with Crippen molar-refractivity contribution in [3.63, 3.8) is 0 Å². The van der Waals surface area contributed by atoms with E-state index in [9.17, 15) is 10.2 Å². The summed E-state index contributed by atoms with van der Waals surface area (Å²) in [5.74, 6) is 2.06. The number of fused-ring (bicyclic) bond motifs is 4. The molecule has 0 bridgehead atoms. The summed E-state index contributed by atoms with van der Waals surface area (Å²) in [7, 11) is 0. The van der Waals surface area contributed by atoms with Gasteiger partial charge in [-0.05, 0) is 111 Å². The number of nitrogens with zero attached hydrogens (tertiary/aromatic N) is 1. The van der Waals surface area contributed by atoms with E-state index in [0.29, 0.717) is 40.5 Å². The van der Waals surface area contributed by atoms with E-state index in [1.165, 1.54) is 38.5 Å². The lowest BCUT2D eigenvalue weighted by atomic mass is 9.41. The summed E-state index contributed by atoms with van der Waals surface area (Å²) in [6.07, 6.45) is 9.09. The molecular weight excluding hydrogens is 566 g/mol. The van der Waals surface area contributed by atoms with E-state index < -0.39 is 11.7 Å². The first-order valence-corrected chi connectivity index (χ1v) is 18.7. The molecule has 5 aliphatic carbocycles. The Hall–Kier alpha value is -0.280. The second-order valence-corrected chi connectivity index (χ2v) is 19.1. The molecule has 14 atom stereocenters. The minimum absolute atomic E-state index is 0.0152. The van der Waals surface area contributed by atoms with Crippen molar-refractivity contribution < 1.29 is 29.2 Å². The van der Waals surface area contributed by atoms with E-state index in [1.807, 2.05) is 13.8 Å². The van der Waals surface area contributed by atoms with E-state index in [1.54, 1.807) is 0 Å². The summed E-state index contributed by atoms with van der Waals surface area (Å²) in [6, 6.07) is 0.529. The Morgan fingerprint density at radius 2 is 1.69 bits per heavy atom.